The van der Waals surface area contributed by atoms with Gasteiger partial charge in [0.1, 0.15) is 5.75 Å². The molecular formula is C29H24CoN4O5+2. The Hall–Kier alpha value is -4.03. The van der Waals surface area contributed by atoms with Crippen molar-refractivity contribution in [3.8, 4) is 16.9 Å². The Balaban J connectivity index is 0.00000308. The van der Waals surface area contributed by atoms with Gasteiger partial charge in [0.05, 0.1) is 29.9 Å². The van der Waals surface area contributed by atoms with Crippen LogP contribution in [0.3, 0.4) is 0 Å². The van der Waals surface area contributed by atoms with Gasteiger partial charge in [-0.25, -0.2) is 9.97 Å². The van der Waals surface area contributed by atoms with Crippen molar-refractivity contribution in [2.75, 3.05) is 7.11 Å². The molecule has 10 heteroatoms. The van der Waals surface area contributed by atoms with Gasteiger partial charge in [0.2, 0.25) is 0 Å². The van der Waals surface area contributed by atoms with Crippen LogP contribution >= 0.6 is 0 Å². The predicted molar refractivity (Wildman–Crippen MR) is 145 cm³/mol. The molecular weight excluding hydrogens is 543 g/mol. The number of fused-ring (bicyclic) bond motifs is 8. The smallest absolute Gasteiger partial charge is 0.496 e. The second kappa shape index (κ2) is 10.3. The van der Waals surface area contributed by atoms with Gasteiger partial charge in [0.25, 0.3) is 0 Å². The molecule has 2 aliphatic rings. The largest absolute Gasteiger partial charge is 2.00 e. The first-order valence-corrected chi connectivity index (χ1v) is 11.9. The van der Waals surface area contributed by atoms with E-state index in [1.807, 2.05) is 66.8 Å². The minimum atomic E-state index is -3.34. The van der Waals surface area contributed by atoms with Gasteiger partial charge >= 0.3 is 22.8 Å². The minimum absolute atomic E-state index is 0. The molecule has 0 aliphatic carbocycles. The number of nitrogens with zero attached hydrogens (tertiary/aromatic N) is 2. The number of nitrogens with one attached hydrogen (secondary N) is 2. The number of aromatic amines is 2. The molecule has 6 rings (SSSR count). The van der Waals surface area contributed by atoms with Crippen molar-refractivity contribution in [2.45, 2.75) is 12.1 Å². The molecule has 197 valence electrons. The minimum Gasteiger partial charge on any atom is -0.496 e. The number of aromatic nitrogens is 4. The maximum atomic E-state index is 10.4. The molecule has 0 amide bonds. The number of hydrogen-bond donors (Lipinski definition) is 6. The molecule has 0 saturated carbocycles. The normalized spacial score (nSPS) is 13.3. The van der Waals surface area contributed by atoms with E-state index in [1.54, 1.807) is 18.2 Å². The first-order valence-electron chi connectivity index (χ1n) is 11.9. The van der Waals surface area contributed by atoms with Crippen LogP contribution in [0.4, 0.5) is 0 Å². The van der Waals surface area contributed by atoms with E-state index in [9.17, 15) is 20.4 Å². The number of aliphatic hydroxyl groups is 4. The van der Waals surface area contributed by atoms with Crippen LogP contribution in [0.5, 0.6) is 5.75 Å². The summed E-state index contributed by atoms with van der Waals surface area (Å²) in [4.78, 5) is 16.2. The molecule has 1 unspecified atom stereocenters. The van der Waals surface area contributed by atoms with Crippen LogP contribution in [-0.2, 0) is 16.8 Å². The van der Waals surface area contributed by atoms with Crippen LogP contribution in [0.2, 0.25) is 0 Å². The maximum Gasteiger partial charge on any atom is 2.00 e. The van der Waals surface area contributed by atoms with Gasteiger partial charge in [-0.05, 0) is 84.5 Å². The second-order valence-electron chi connectivity index (χ2n) is 9.13. The SMILES string of the molecule is COc1ccc(-c2cc3cc4nc(cc5ccc(cc6nc(cc2[nH]3)C=C6)[nH]5)C=C4)cc1C(O)C(O)(O)O.[Co+2]. The first kappa shape index (κ1) is 26.6. The Morgan fingerprint density at radius 1 is 0.718 bits per heavy atom. The predicted octanol–water partition coefficient (Wildman–Crippen LogP) is 3.99. The van der Waals surface area contributed by atoms with E-state index in [0.717, 1.165) is 50.4 Å². The molecule has 3 aromatic heterocycles. The average molecular weight is 567 g/mol. The van der Waals surface area contributed by atoms with Gasteiger partial charge in [-0.2, -0.15) is 0 Å². The number of rotatable bonds is 4. The first-order chi connectivity index (χ1) is 18.2. The molecule has 1 radical (unpaired) electrons. The van der Waals surface area contributed by atoms with E-state index in [0.29, 0.717) is 5.56 Å². The molecule has 0 fully saturated rings. The van der Waals surface area contributed by atoms with Crippen molar-refractivity contribution < 1.29 is 41.9 Å². The van der Waals surface area contributed by atoms with Crippen LogP contribution in [0.15, 0.2) is 60.7 Å². The number of hydrogen-bond acceptors (Lipinski definition) is 7. The van der Waals surface area contributed by atoms with Crippen LogP contribution in [0.25, 0.3) is 57.5 Å². The fraction of sp³-hybridized carbons (Fsp3) is 0.103. The summed E-state index contributed by atoms with van der Waals surface area (Å²) < 4.78 is 5.27. The molecule has 0 spiro atoms. The topological polar surface area (TPSA) is 148 Å². The standard InChI is InChI=1S/C29H24N4O5.Co/c1-38-27-9-2-16(10-25(27)28(34)29(35,36)37)24-14-23-13-21-6-5-19(31-21)11-17-3-4-18(30-17)12-20-7-8-22(32-20)15-26(24)33-23;/h2-15,28,30,33-37H,1H3;/q;+2. The molecule has 39 heavy (non-hydrogen) atoms. The van der Waals surface area contributed by atoms with E-state index in [1.165, 1.54) is 7.11 Å². The van der Waals surface area contributed by atoms with Crippen LogP contribution in [0, 0.1) is 0 Å². The third-order valence-corrected chi connectivity index (χ3v) is 6.37. The Bertz CT molecular complexity index is 1780. The zero-order valence-electron chi connectivity index (χ0n) is 20.6. The Morgan fingerprint density at radius 3 is 1.85 bits per heavy atom. The van der Waals surface area contributed by atoms with Crippen molar-refractivity contribution in [1.82, 2.24) is 19.9 Å². The molecule has 4 aromatic rings. The zero-order chi connectivity index (χ0) is 26.4. The maximum absolute atomic E-state index is 10.4. The molecule has 1 aromatic carbocycles. The third-order valence-electron chi connectivity index (χ3n) is 6.37. The fourth-order valence-electron chi connectivity index (χ4n) is 4.58. The zero-order valence-corrected chi connectivity index (χ0v) is 21.6. The molecule has 8 bridgehead atoms. The Morgan fingerprint density at radius 2 is 1.28 bits per heavy atom. The van der Waals surface area contributed by atoms with E-state index in [2.05, 4.69) is 9.97 Å². The number of methoxy groups -OCH3 is 1. The molecule has 5 heterocycles. The van der Waals surface area contributed by atoms with Crippen molar-refractivity contribution in [3.63, 3.8) is 0 Å². The molecule has 6 N–H and O–H groups in total. The number of benzene rings is 1. The Labute approximate surface area is 233 Å². The van der Waals surface area contributed by atoms with Gasteiger partial charge in [-0.1, -0.05) is 6.07 Å². The van der Waals surface area contributed by atoms with Crippen molar-refractivity contribution in [2.24, 2.45) is 0 Å². The van der Waals surface area contributed by atoms with Crippen LogP contribution in [-0.4, -0.2) is 53.4 Å². The van der Waals surface area contributed by atoms with E-state index in [-0.39, 0.29) is 28.1 Å². The number of H-pyrrole nitrogens is 2. The molecule has 1 atom stereocenters. The summed E-state index contributed by atoms with van der Waals surface area (Å²) in [5.41, 5.74) is 7.91. The summed E-state index contributed by atoms with van der Waals surface area (Å²) in [6, 6.07) is 18.6. The summed E-state index contributed by atoms with van der Waals surface area (Å²) >= 11 is 0. The van der Waals surface area contributed by atoms with E-state index >= 15 is 0 Å². The van der Waals surface area contributed by atoms with Gasteiger partial charge in [0, 0.05) is 33.2 Å². The van der Waals surface area contributed by atoms with Gasteiger partial charge in [-0.3, -0.25) is 0 Å². The number of ether oxygens (including phenoxy) is 1. The Kier molecular flexibility index (Phi) is 6.99. The van der Waals surface area contributed by atoms with Gasteiger partial charge < -0.3 is 35.1 Å². The third kappa shape index (κ3) is 5.43. The van der Waals surface area contributed by atoms with Gasteiger partial charge in [-0.15, -0.1) is 0 Å². The molecule has 0 saturated heterocycles. The summed E-state index contributed by atoms with van der Waals surface area (Å²) in [7, 11) is 1.39. The quantitative estimate of drug-likeness (QED) is 0.177. The van der Waals surface area contributed by atoms with Gasteiger partial charge in [0.15, 0.2) is 6.10 Å². The monoisotopic (exact) mass is 567 g/mol. The molecule has 2 aliphatic heterocycles. The second-order valence-corrected chi connectivity index (χ2v) is 9.13. The van der Waals surface area contributed by atoms with E-state index in [4.69, 9.17) is 14.7 Å². The van der Waals surface area contributed by atoms with Crippen molar-refractivity contribution in [3.05, 3.63) is 89.0 Å². The van der Waals surface area contributed by atoms with Crippen molar-refractivity contribution >= 4 is 46.4 Å². The van der Waals surface area contributed by atoms with Crippen LogP contribution in [0.1, 0.15) is 34.4 Å². The van der Waals surface area contributed by atoms with E-state index < -0.39 is 12.1 Å². The summed E-state index contributed by atoms with van der Waals surface area (Å²) in [5, 5.41) is 39.2. The number of aliphatic hydroxyl groups excluding tert-OH is 1. The summed E-state index contributed by atoms with van der Waals surface area (Å²) in [5.74, 6) is -3.15. The molecule has 9 nitrogen and oxygen atoms in total. The van der Waals surface area contributed by atoms with Crippen molar-refractivity contribution in [1.29, 1.82) is 0 Å². The summed E-state index contributed by atoms with van der Waals surface area (Å²) in [6.45, 7) is 0. The average Bonchev–Trinajstić information content (AvgIpc) is 3.68. The fourth-order valence-corrected chi connectivity index (χ4v) is 4.58. The van der Waals surface area contributed by atoms with Crippen LogP contribution < -0.4 is 4.74 Å². The summed E-state index contributed by atoms with van der Waals surface area (Å²) in [6.07, 6.45) is 5.70.